The molecule has 1 spiro atoms. The minimum atomic E-state index is -1.09. The van der Waals surface area contributed by atoms with E-state index in [2.05, 4.69) is 26.5 Å². The number of rotatable bonds is 8. The molecule has 9 nitrogen and oxygen atoms in total. The molecule has 0 aromatic heterocycles. The van der Waals surface area contributed by atoms with E-state index in [9.17, 15) is 19.5 Å². The van der Waals surface area contributed by atoms with Crippen LogP contribution in [0.15, 0.2) is 54.2 Å². The van der Waals surface area contributed by atoms with E-state index in [0.29, 0.717) is 24.8 Å². The van der Waals surface area contributed by atoms with Crippen LogP contribution in [0.1, 0.15) is 70.7 Å². The Morgan fingerprint density at radius 2 is 1.85 bits per heavy atom. The predicted molar refractivity (Wildman–Crippen MR) is 150 cm³/mol. The predicted octanol–water partition coefficient (Wildman–Crippen LogP) is 5.63. The third-order valence-corrected chi connectivity index (χ3v) is 9.23. The van der Waals surface area contributed by atoms with Crippen molar-refractivity contribution in [3.8, 4) is 11.5 Å². The summed E-state index contributed by atoms with van der Waals surface area (Å²) in [6, 6.07) is 4.26. The van der Waals surface area contributed by atoms with Gasteiger partial charge in [0.25, 0.3) is 0 Å². The Balaban J connectivity index is 1.81. The summed E-state index contributed by atoms with van der Waals surface area (Å²) in [7, 11) is 1.40. The fourth-order valence-corrected chi connectivity index (χ4v) is 6.82. The second kappa shape index (κ2) is 11.7. The van der Waals surface area contributed by atoms with Crippen molar-refractivity contribution in [2.45, 2.75) is 79.0 Å². The third-order valence-electron chi connectivity index (χ3n) is 9.23. The molecule has 3 aliphatic rings. The van der Waals surface area contributed by atoms with E-state index in [-0.39, 0.29) is 34.3 Å². The highest BCUT2D eigenvalue weighted by atomic mass is 16.8. The number of allylic oxidation sites excluding steroid dienone is 3. The fraction of sp³-hybridized carbons (Fsp3) is 0.531. The third kappa shape index (κ3) is 5.64. The molecule has 4 rings (SSSR count). The molecule has 2 fully saturated rings. The van der Waals surface area contributed by atoms with E-state index in [4.69, 9.17) is 23.7 Å². The number of aromatic hydroxyl groups is 1. The van der Waals surface area contributed by atoms with Crippen molar-refractivity contribution in [2.24, 2.45) is 22.7 Å². The molecule has 1 saturated carbocycles. The van der Waals surface area contributed by atoms with Gasteiger partial charge in [0.05, 0.1) is 18.1 Å². The average Bonchev–Trinajstić information content (AvgIpc) is 3.20. The summed E-state index contributed by atoms with van der Waals surface area (Å²) in [4.78, 5) is 37.7. The fourth-order valence-electron chi connectivity index (χ4n) is 6.82. The summed E-state index contributed by atoms with van der Waals surface area (Å²) in [6.45, 7) is 12.9. The number of phenols is 1. The van der Waals surface area contributed by atoms with Gasteiger partial charge in [-0.25, -0.2) is 4.79 Å². The lowest BCUT2D eigenvalue weighted by molar-refractivity contribution is -0.235. The Hall–Kier alpha value is -3.59. The van der Waals surface area contributed by atoms with Crippen molar-refractivity contribution in [3.63, 3.8) is 0 Å². The van der Waals surface area contributed by atoms with Gasteiger partial charge in [0.15, 0.2) is 11.5 Å². The van der Waals surface area contributed by atoms with E-state index in [0.717, 1.165) is 12.0 Å². The lowest BCUT2D eigenvalue weighted by Gasteiger charge is -2.58. The van der Waals surface area contributed by atoms with Gasteiger partial charge in [-0.3, -0.25) is 14.3 Å². The van der Waals surface area contributed by atoms with E-state index in [1.54, 1.807) is 6.08 Å². The highest BCUT2D eigenvalue weighted by molar-refractivity contribution is 5.90. The molecule has 1 aliphatic heterocycles. The Kier molecular flexibility index (Phi) is 8.68. The van der Waals surface area contributed by atoms with Crippen LogP contribution < -0.4 is 4.74 Å². The smallest absolute Gasteiger partial charge is 0.338 e. The maximum atomic E-state index is 13.3. The molecule has 1 saturated heterocycles. The van der Waals surface area contributed by atoms with Crippen LogP contribution >= 0.6 is 0 Å². The molecule has 1 heterocycles. The van der Waals surface area contributed by atoms with Crippen molar-refractivity contribution in [1.29, 1.82) is 0 Å². The van der Waals surface area contributed by atoms with Crippen LogP contribution in [0.5, 0.6) is 11.5 Å². The molecule has 222 valence electrons. The second-order valence-electron chi connectivity index (χ2n) is 11.6. The Bertz CT molecular complexity index is 1280. The second-order valence-corrected chi connectivity index (χ2v) is 11.6. The van der Waals surface area contributed by atoms with Gasteiger partial charge in [-0.2, -0.15) is 0 Å². The summed E-state index contributed by atoms with van der Waals surface area (Å²) >= 11 is 0. The summed E-state index contributed by atoms with van der Waals surface area (Å²) in [5, 5.41) is 9.96. The summed E-state index contributed by atoms with van der Waals surface area (Å²) in [5.41, 5.74) is 0.829. The van der Waals surface area contributed by atoms with Crippen LogP contribution in [-0.4, -0.2) is 48.8 Å². The van der Waals surface area contributed by atoms with E-state index >= 15 is 0 Å². The standard InChI is InChI=1S/C32H40O9/c1-8-18(2)11-13-31(6)19(3)12-14-32-24(29(38-20(4)33)41-30(32)39-21(5)34)16-23(17-27(31)32)40-28(36)22-9-10-25(35)26(15-22)37-7/h8-11,15-16,19,23,27,29-30,35H,1,12-14,17H2,2-7H3/b18-11+. The quantitative estimate of drug-likeness (QED) is 0.184. The molecular formula is C32H40O9. The first-order valence-electron chi connectivity index (χ1n) is 13.9. The minimum absolute atomic E-state index is 0.0905. The van der Waals surface area contributed by atoms with Gasteiger partial charge >= 0.3 is 17.9 Å². The number of phenolic OH excluding ortho intramolecular Hbond substituents is 1. The molecule has 0 bridgehead atoms. The van der Waals surface area contributed by atoms with Crippen LogP contribution in [0.4, 0.5) is 0 Å². The highest BCUT2D eigenvalue weighted by Crippen LogP contribution is 2.67. The maximum Gasteiger partial charge on any atom is 0.338 e. The first kappa shape index (κ1) is 30.4. The molecule has 9 heteroatoms. The first-order chi connectivity index (χ1) is 19.3. The Labute approximate surface area is 241 Å². The van der Waals surface area contributed by atoms with Crippen LogP contribution in [0.2, 0.25) is 0 Å². The largest absolute Gasteiger partial charge is 0.504 e. The van der Waals surface area contributed by atoms with Crippen molar-refractivity contribution >= 4 is 17.9 Å². The zero-order valence-electron chi connectivity index (χ0n) is 24.6. The summed E-state index contributed by atoms with van der Waals surface area (Å²) in [6.07, 6.45) is 5.68. The van der Waals surface area contributed by atoms with Crippen LogP contribution in [0, 0.1) is 22.7 Å². The maximum absolute atomic E-state index is 13.3. The van der Waals surface area contributed by atoms with Gasteiger partial charge in [-0.1, -0.05) is 38.2 Å². The summed E-state index contributed by atoms with van der Waals surface area (Å²) in [5.74, 6) is -1.46. The van der Waals surface area contributed by atoms with Crippen LogP contribution in [0.3, 0.4) is 0 Å². The van der Waals surface area contributed by atoms with E-state index in [1.165, 1.54) is 39.2 Å². The number of hydrogen-bond acceptors (Lipinski definition) is 9. The first-order valence-corrected chi connectivity index (χ1v) is 13.9. The number of carbonyl (C=O) groups is 3. The zero-order valence-corrected chi connectivity index (χ0v) is 24.6. The molecule has 7 unspecified atom stereocenters. The van der Waals surface area contributed by atoms with Gasteiger partial charge in [-0.15, -0.1) is 0 Å². The molecule has 41 heavy (non-hydrogen) atoms. The Morgan fingerprint density at radius 1 is 1.15 bits per heavy atom. The van der Waals surface area contributed by atoms with Gasteiger partial charge in [0, 0.05) is 19.4 Å². The number of benzene rings is 1. The van der Waals surface area contributed by atoms with Crippen LogP contribution in [-0.2, 0) is 28.5 Å². The lowest BCUT2D eigenvalue weighted by atomic mass is 9.46. The van der Waals surface area contributed by atoms with Gasteiger partial charge in [0.2, 0.25) is 12.6 Å². The number of esters is 3. The molecule has 2 aliphatic carbocycles. The number of carbonyl (C=O) groups excluding carboxylic acids is 3. The molecule has 0 radical (unpaired) electrons. The highest BCUT2D eigenvalue weighted by Gasteiger charge is 2.67. The molecule has 1 aromatic rings. The molecule has 0 amide bonds. The van der Waals surface area contributed by atoms with Crippen molar-refractivity contribution < 1.29 is 43.2 Å². The van der Waals surface area contributed by atoms with Crippen molar-refractivity contribution in [1.82, 2.24) is 0 Å². The average molecular weight is 569 g/mol. The lowest BCUT2D eigenvalue weighted by Crippen LogP contribution is -2.57. The van der Waals surface area contributed by atoms with E-state index < -0.39 is 42.0 Å². The SMILES string of the molecule is C=C/C(C)=C/CC1(C)C(C)CCC23C(=CC(OC(=O)c4ccc(O)c(OC)c4)CC12)C(OC(C)=O)OC3OC(C)=O. The molecule has 7 atom stereocenters. The molecule has 1 aromatic carbocycles. The Morgan fingerprint density at radius 3 is 2.49 bits per heavy atom. The summed E-state index contributed by atoms with van der Waals surface area (Å²) < 4.78 is 28.7. The molecule has 1 N–H and O–H groups in total. The minimum Gasteiger partial charge on any atom is -0.504 e. The zero-order chi connectivity index (χ0) is 30.1. The topological polar surface area (TPSA) is 118 Å². The van der Waals surface area contributed by atoms with E-state index in [1.807, 2.05) is 13.0 Å². The van der Waals surface area contributed by atoms with Gasteiger partial charge in [0.1, 0.15) is 6.10 Å². The number of hydrogen-bond donors (Lipinski definition) is 1. The molecular weight excluding hydrogens is 528 g/mol. The number of ether oxygens (including phenoxy) is 5. The van der Waals surface area contributed by atoms with Gasteiger partial charge in [-0.05, 0) is 74.1 Å². The van der Waals surface area contributed by atoms with Crippen molar-refractivity contribution in [3.05, 3.63) is 59.7 Å². The number of methoxy groups -OCH3 is 1. The monoisotopic (exact) mass is 568 g/mol. The van der Waals surface area contributed by atoms with Crippen molar-refractivity contribution in [2.75, 3.05) is 7.11 Å². The van der Waals surface area contributed by atoms with Gasteiger partial charge < -0.3 is 24.1 Å². The normalized spacial score (nSPS) is 32.6. The van der Waals surface area contributed by atoms with Crippen LogP contribution in [0.25, 0.3) is 0 Å².